The summed E-state index contributed by atoms with van der Waals surface area (Å²) >= 11 is 0. The monoisotopic (exact) mass is 587 g/mol. The smallest absolute Gasteiger partial charge is 0.318 e. The topological polar surface area (TPSA) is 87.8 Å². The summed E-state index contributed by atoms with van der Waals surface area (Å²) in [4.78, 5) is 11.5. The summed E-state index contributed by atoms with van der Waals surface area (Å²) < 4.78 is 34.1. The van der Waals surface area contributed by atoms with Crippen molar-refractivity contribution in [2.75, 3.05) is 6.54 Å². The fourth-order valence-corrected chi connectivity index (χ4v) is 6.66. The van der Waals surface area contributed by atoms with Gasteiger partial charge in [0.25, 0.3) is 0 Å². The Morgan fingerprint density at radius 3 is 1.81 bits per heavy atom. The van der Waals surface area contributed by atoms with E-state index in [1.807, 2.05) is 54.6 Å². The van der Waals surface area contributed by atoms with Crippen LogP contribution in [0, 0.1) is 0 Å². The van der Waals surface area contributed by atoms with Gasteiger partial charge in [0, 0.05) is 23.9 Å². The van der Waals surface area contributed by atoms with E-state index in [1.54, 1.807) is 36.4 Å². The van der Waals surface area contributed by atoms with Crippen molar-refractivity contribution in [2.24, 2.45) is 0 Å². The largest absolute Gasteiger partial charge is 0.480 e. The third kappa shape index (κ3) is 6.14. The van der Waals surface area contributed by atoms with Gasteiger partial charge in [-0.15, -0.1) is 0 Å². The van der Waals surface area contributed by atoms with Crippen molar-refractivity contribution in [3.05, 3.63) is 150 Å². The molecule has 6 aromatic rings. The molecule has 0 amide bonds. The van der Waals surface area contributed by atoms with Gasteiger partial charge < -0.3 is 9.52 Å². The number of carboxylic acid groups (broad SMARTS) is 1. The van der Waals surface area contributed by atoms with E-state index in [0.29, 0.717) is 12.0 Å². The first-order valence-electron chi connectivity index (χ1n) is 13.9. The molecule has 0 aliphatic heterocycles. The number of benzene rings is 5. The van der Waals surface area contributed by atoms with Crippen LogP contribution in [-0.2, 0) is 27.8 Å². The van der Waals surface area contributed by atoms with E-state index >= 15 is 0 Å². The van der Waals surface area contributed by atoms with Gasteiger partial charge in [0.15, 0.2) is 0 Å². The van der Waals surface area contributed by atoms with Crippen molar-refractivity contribution >= 4 is 27.0 Å². The molecular formula is C36H29NO5S. The van der Waals surface area contributed by atoms with Crippen LogP contribution in [0.15, 0.2) is 143 Å². The van der Waals surface area contributed by atoms with Crippen molar-refractivity contribution in [3.8, 4) is 22.3 Å². The van der Waals surface area contributed by atoms with Crippen molar-refractivity contribution in [1.82, 2.24) is 4.31 Å². The van der Waals surface area contributed by atoms with Gasteiger partial charge >= 0.3 is 5.97 Å². The number of furan rings is 1. The summed E-state index contributed by atoms with van der Waals surface area (Å²) in [5.74, 6) is -0.315. The van der Waals surface area contributed by atoms with Gasteiger partial charge in [-0.05, 0) is 46.0 Å². The maximum Gasteiger partial charge on any atom is 0.318 e. The van der Waals surface area contributed by atoms with Crippen LogP contribution in [0.25, 0.3) is 33.2 Å². The lowest BCUT2D eigenvalue weighted by molar-refractivity contribution is -0.137. The SMILES string of the molecule is O=C(O)CN(Cc1ccccc1)S(=O)(=O)c1ccc(-c2ccc(-c3c(Cc4ccccc4)oc4ccccc34)cc2)cc1. The van der Waals surface area contributed by atoms with Gasteiger partial charge in [-0.1, -0.05) is 115 Å². The minimum atomic E-state index is -4.04. The highest BCUT2D eigenvalue weighted by molar-refractivity contribution is 7.89. The van der Waals surface area contributed by atoms with Gasteiger partial charge in [-0.2, -0.15) is 4.31 Å². The molecule has 5 aromatic carbocycles. The molecule has 0 radical (unpaired) electrons. The molecule has 6 rings (SSSR count). The molecule has 0 aliphatic carbocycles. The second-order valence-electron chi connectivity index (χ2n) is 10.3. The molecule has 0 fully saturated rings. The average Bonchev–Trinajstić information content (AvgIpc) is 3.39. The van der Waals surface area contributed by atoms with Gasteiger partial charge in [0.1, 0.15) is 17.9 Å². The third-order valence-corrected chi connectivity index (χ3v) is 9.19. The Morgan fingerprint density at radius 2 is 1.19 bits per heavy atom. The van der Waals surface area contributed by atoms with E-state index in [2.05, 4.69) is 30.3 Å². The predicted octanol–water partition coefficient (Wildman–Crippen LogP) is 7.63. The highest BCUT2D eigenvalue weighted by Crippen LogP contribution is 2.37. The van der Waals surface area contributed by atoms with Crippen molar-refractivity contribution in [2.45, 2.75) is 17.9 Å². The number of fused-ring (bicyclic) bond motifs is 1. The van der Waals surface area contributed by atoms with Gasteiger partial charge in [0.05, 0.1) is 4.90 Å². The van der Waals surface area contributed by atoms with Crippen LogP contribution in [0.3, 0.4) is 0 Å². The van der Waals surface area contributed by atoms with Crippen LogP contribution < -0.4 is 0 Å². The molecule has 0 saturated heterocycles. The molecule has 6 nitrogen and oxygen atoms in total. The zero-order valence-electron chi connectivity index (χ0n) is 23.3. The van der Waals surface area contributed by atoms with Crippen LogP contribution in [0.2, 0.25) is 0 Å². The van der Waals surface area contributed by atoms with Crippen LogP contribution in [0.4, 0.5) is 0 Å². The fraction of sp³-hybridized carbons (Fsp3) is 0.0833. The Morgan fingerprint density at radius 1 is 0.651 bits per heavy atom. The number of para-hydroxylation sites is 1. The van der Waals surface area contributed by atoms with Crippen molar-refractivity contribution < 1.29 is 22.7 Å². The molecule has 0 atom stereocenters. The Hall–Kier alpha value is -4.98. The van der Waals surface area contributed by atoms with Crippen molar-refractivity contribution in [1.29, 1.82) is 0 Å². The maximum absolute atomic E-state index is 13.4. The minimum Gasteiger partial charge on any atom is -0.480 e. The first-order chi connectivity index (χ1) is 20.9. The van der Waals surface area contributed by atoms with Crippen LogP contribution in [0.1, 0.15) is 16.9 Å². The second-order valence-corrected chi connectivity index (χ2v) is 12.3. The van der Waals surface area contributed by atoms with Crippen LogP contribution in [0.5, 0.6) is 0 Å². The van der Waals surface area contributed by atoms with Gasteiger partial charge in [-0.25, -0.2) is 8.42 Å². The number of aliphatic carboxylic acids is 1. The van der Waals surface area contributed by atoms with E-state index in [1.165, 1.54) is 17.7 Å². The zero-order valence-corrected chi connectivity index (χ0v) is 24.1. The Balaban J connectivity index is 1.27. The van der Waals surface area contributed by atoms with E-state index in [-0.39, 0.29) is 11.4 Å². The lowest BCUT2D eigenvalue weighted by Gasteiger charge is -2.20. The Labute approximate surface area is 250 Å². The number of hydrogen-bond acceptors (Lipinski definition) is 4. The number of rotatable bonds is 10. The second kappa shape index (κ2) is 12.1. The molecule has 0 saturated carbocycles. The predicted molar refractivity (Wildman–Crippen MR) is 168 cm³/mol. The summed E-state index contributed by atoms with van der Waals surface area (Å²) in [6.45, 7) is -0.664. The molecule has 214 valence electrons. The molecule has 0 spiro atoms. The number of sulfonamides is 1. The third-order valence-electron chi connectivity index (χ3n) is 7.39. The summed E-state index contributed by atoms with van der Waals surface area (Å²) in [6, 6.07) is 41.9. The number of carbonyl (C=O) groups is 1. The van der Waals surface area contributed by atoms with Crippen LogP contribution >= 0.6 is 0 Å². The molecule has 1 aromatic heterocycles. The van der Waals surface area contributed by atoms with E-state index in [4.69, 9.17) is 4.42 Å². The molecule has 0 unspecified atom stereocenters. The molecule has 1 N–H and O–H groups in total. The average molecular weight is 588 g/mol. The standard InChI is InChI=1S/C36H29NO5S/c38-35(39)25-37(24-27-11-5-2-6-12-27)43(40,41)31-21-19-29(20-22-31)28-15-17-30(18-16-28)36-32-13-7-8-14-33(32)42-34(36)23-26-9-3-1-4-10-26/h1-22H,23-25H2,(H,38,39). The molecule has 7 heteroatoms. The summed E-state index contributed by atoms with van der Waals surface area (Å²) in [5, 5.41) is 10.4. The summed E-state index contributed by atoms with van der Waals surface area (Å²) in [7, 11) is -4.04. The number of hydrogen-bond donors (Lipinski definition) is 1. The van der Waals surface area contributed by atoms with E-state index in [9.17, 15) is 18.3 Å². The first kappa shape index (κ1) is 28.2. The van der Waals surface area contributed by atoms with Gasteiger partial charge in [-0.3, -0.25) is 4.79 Å². The number of carboxylic acids is 1. The van der Waals surface area contributed by atoms with Crippen molar-refractivity contribution in [3.63, 3.8) is 0 Å². The Bertz CT molecular complexity index is 1970. The molecular weight excluding hydrogens is 558 g/mol. The van der Waals surface area contributed by atoms with Gasteiger partial charge in [0.2, 0.25) is 10.0 Å². The first-order valence-corrected chi connectivity index (χ1v) is 15.3. The highest BCUT2D eigenvalue weighted by Gasteiger charge is 2.27. The lowest BCUT2D eigenvalue weighted by Crippen LogP contribution is -2.35. The van der Waals surface area contributed by atoms with E-state index in [0.717, 1.165) is 43.3 Å². The maximum atomic E-state index is 13.4. The van der Waals surface area contributed by atoms with Crippen LogP contribution in [-0.4, -0.2) is 30.3 Å². The zero-order chi connectivity index (χ0) is 29.8. The fourth-order valence-electron chi connectivity index (χ4n) is 5.28. The van der Waals surface area contributed by atoms with E-state index < -0.39 is 22.5 Å². The molecule has 1 heterocycles. The summed E-state index contributed by atoms with van der Waals surface area (Å²) in [6.07, 6.45) is 0.672. The molecule has 0 aliphatic rings. The normalized spacial score (nSPS) is 11.7. The summed E-state index contributed by atoms with van der Waals surface area (Å²) in [5.41, 5.74) is 6.58. The number of nitrogens with zero attached hydrogens (tertiary/aromatic N) is 1. The minimum absolute atomic E-state index is 0.0341. The highest BCUT2D eigenvalue weighted by atomic mass is 32.2. The molecule has 43 heavy (non-hydrogen) atoms. The Kier molecular flexibility index (Phi) is 7.92. The molecule has 0 bridgehead atoms. The lowest BCUT2D eigenvalue weighted by atomic mass is 9.96. The quantitative estimate of drug-likeness (QED) is 0.178.